The molecule has 6 nitrogen and oxygen atoms in total. The summed E-state index contributed by atoms with van der Waals surface area (Å²) in [5.74, 6) is 1.00. The Balaban J connectivity index is 1.59. The molecule has 2 bridgehead atoms. The number of nitrogens with one attached hydrogen (secondary N) is 1. The molecule has 0 spiro atoms. The summed E-state index contributed by atoms with van der Waals surface area (Å²) in [6.07, 6.45) is 7.46. The molecule has 0 unspecified atom stereocenters. The zero-order chi connectivity index (χ0) is 17.6. The summed E-state index contributed by atoms with van der Waals surface area (Å²) in [6, 6.07) is 0.336. The zero-order valence-corrected chi connectivity index (χ0v) is 15.1. The SMILES string of the molecule is CO[C@@H]1CCC[C@@H](C(=O)N2[C@H]3CC[C@H]2Cc2c(nc(C)[nH]c2=O)C3)C1. The van der Waals surface area contributed by atoms with Gasteiger partial charge in [0, 0.05) is 43.5 Å². The van der Waals surface area contributed by atoms with Gasteiger partial charge in [-0.05, 0) is 39.0 Å². The Morgan fingerprint density at radius 2 is 1.96 bits per heavy atom. The van der Waals surface area contributed by atoms with E-state index in [9.17, 15) is 9.59 Å². The molecule has 1 saturated heterocycles. The van der Waals surface area contributed by atoms with E-state index in [0.29, 0.717) is 18.7 Å². The van der Waals surface area contributed by atoms with Crippen molar-refractivity contribution in [3.63, 3.8) is 0 Å². The largest absolute Gasteiger partial charge is 0.381 e. The van der Waals surface area contributed by atoms with Crippen LogP contribution in [0.3, 0.4) is 0 Å². The number of methoxy groups -OCH3 is 1. The van der Waals surface area contributed by atoms with E-state index in [1.165, 1.54) is 0 Å². The molecule has 2 aliphatic heterocycles. The number of amides is 1. The summed E-state index contributed by atoms with van der Waals surface area (Å²) in [5.41, 5.74) is 1.65. The smallest absolute Gasteiger partial charge is 0.254 e. The van der Waals surface area contributed by atoms with Gasteiger partial charge in [0.05, 0.1) is 11.8 Å². The van der Waals surface area contributed by atoms with Gasteiger partial charge in [-0.1, -0.05) is 6.42 Å². The Hall–Kier alpha value is -1.69. The van der Waals surface area contributed by atoms with Gasteiger partial charge < -0.3 is 14.6 Å². The van der Waals surface area contributed by atoms with Crippen LogP contribution in [0.5, 0.6) is 0 Å². The number of carbonyl (C=O) groups is 1. The van der Waals surface area contributed by atoms with Crippen LogP contribution in [-0.4, -0.2) is 46.1 Å². The van der Waals surface area contributed by atoms with Crippen molar-refractivity contribution in [1.29, 1.82) is 0 Å². The fraction of sp³-hybridized carbons (Fsp3) is 0.737. The number of fused-ring (bicyclic) bond motifs is 3. The minimum atomic E-state index is -0.0282. The number of aryl methyl sites for hydroxylation is 1. The van der Waals surface area contributed by atoms with E-state index < -0.39 is 0 Å². The summed E-state index contributed by atoms with van der Waals surface area (Å²) in [4.78, 5) is 35.2. The molecule has 1 aromatic rings. The van der Waals surface area contributed by atoms with Gasteiger partial charge in [0.25, 0.3) is 5.56 Å². The van der Waals surface area contributed by atoms with E-state index in [4.69, 9.17) is 4.74 Å². The van der Waals surface area contributed by atoms with Gasteiger partial charge in [0.1, 0.15) is 5.82 Å². The van der Waals surface area contributed by atoms with Crippen molar-refractivity contribution >= 4 is 5.91 Å². The zero-order valence-electron chi connectivity index (χ0n) is 15.1. The van der Waals surface area contributed by atoms with Crippen molar-refractivity contribution in [1.82, 2.24) is 14.9 Å². The van der Waals surface area contributed by atoms with Gasteiger partial charge in [0.2, 0.25) is 5.91 Å². The monoisotopic (exact) mass is 345 g/mol. The molecule has 1 amide bonds. The maximum Gasteiger partial charge on any atom is 0.254 e. The normalized spacial score (nSPS) is 31.5. The summed E-state index contributed by atoms with van der Waals surface area (Å²) < 4.78 is 5.51. The number of hydrogen-bond acceptors (Lipinski definition) is 4. The van der Waals surface area contributed by atoms with Crippen LogP contribution in [0.4, 0.5) is 0 Å². The van der Waals surface area contributed by atoms with Crippen molar-refractivity contribution in [2.45, 2.75) is 76.5 Å². The van der Waals surface area contributed by atoms with E-state index in [1.54, 1.807) is 7.11 Å². The summed E-state index contributed by atoms with van der Waals surface area (Å²) in [5, 5.41) is 0. The van der Waals surface area contributed by atoms with Crippen molar-refractivity contribution in [3.05, 3.63) is 27.4 Å². The molecular formula is C19H27N3O3. The molecule has 1 saturated carbocycles. The highest BCUT2D eigenvalue weighted by Gasteiger charge is 2.43. The third-order valence-electron chi connectivity index (χ3n) is 6.27. The average Bonchev–Trinajstić information content (AvgIpc) is 2.90. The minimum Gasteiger partial charge on any atom is -0.381 e. The lowest BCUT2D eigenvalue weighted by molar-refractivity contribution is -0.141. The lowest BCUT2D eigenvalue weighted by Gasteiger charge is -2.35. The summed E-state index contributed by atoms with van der Waals surface area (Å²) in [6.45, 7) is 1.82. The average molecular weight is 345 g/mol. The first-order valence-corrected chi connectivity index (χ1v) is 9.50. The van der Waals surface area contributed by atoms with Crippen molar-refractivity contribution in [2.75, 3.05) is 7.11 Å². The van der Waals surface area contributed by atoms with E-state index in [0.717, 1.165) is 49.8 Å². The van der Waals surface area contributed by atoms with Gasteiger partial charge in [-0.2, -0.15) is 0 Å². The molecule has 4 rings (SSSR count). The van der Waals surface area contributed by atoms with Crippen molar-refractivity contribution in [2.24, 2.45) is 5.92 Å². The van der Waals surface area contributed by atoms with Gasteiger partial charge in [-0.3, -0.25) is 9.59 Å². The molecule has 3 heterocycles. The van der Waals surface area contributed by atoms with Crippen LogP contribution in [0.15, 0.2) is 4.79 Å². The van der Waals surface area contributed by atoms with Crippen LogP contribution in [0.2, 0.25) is 0 Å². The number of ether oxygens (including phenoxy) is 1. The molecule has 4 atom stereocenters. The van der Waals surface area contributed by atoms with E-state index in [2.05, 4.69) is 14.9 Å². The van der Waals surface area contributed by atoms with Crippen molar-refractivity contribution < 1.29 is 9.53 Å². The quantitative estimate of drug-likeness (QED) is 0.886. The van der Waals surface area contributed by atoms with Crippen LogP contribution < -0.4 is 5.56 Å². The lowest BCUT2D eigenvalue weighted by atomic mass is 9.86. The standard InChI is InChI=1S/C19H27N3O3/c1-11-20-17-10-14-7-6-13(9-16(17)18(23)21-11)22(14)19(24)12-4-3-5-15(8-12)25-2/h12-15H,3-10H2,1-2H3,(H,20,21,23)/t12-,13+,14+,15-/m1/s1. The topological polar surface area (TPSA) is 75.3 Å². The Morgan fingerprint density at radius 3 is 2.72 bits per heavy atom. The first kappa shape index (κ1) is 16.8. The number of nitrogens with zero attached hydrogens (tertiary/aromatic N) is 2. The van der Waals surface area contributed by atoms with Gasteiger partial charge >= 0.3 is 0 Å². The Morgan fingerprint density at radius 1 is 1.20 bits per heavy atom. The number of hydrogen-bond donors (Lipinski definition) is 1. The number of carbonyl (C=O) groups excluding carboxylic acids is 1. The highest BCUT2D eigenvalue weighted by Crippen LogP contribution is 2.36. The summed E-state index contributed by atoms with van der Waals surface area (Å²) >= 11 is 0. The second-order valence-electron chi connectivity index (χ2n) is 7.84. The van der Waals surface area contributed by atoms with Crippen LogP contribution in [-0.2, 0) is 22.4 Å². The van der Waals surface area contributed by atoms with Crippen molar-refractivity contribution in [3.8, 4) is 0 Å². The van der Waals surface area contributed by atoms with Gasteiger partial charge in [0.15, 0.2) is 0 Å². The van der Waals surface area contributed by atoms with E-state index >= 15 is 0 Å². The van der Waals surface area contributed by atoms with Gasteiger partial charge in [-0.15, -0.1) is 0 Å². The molecule has 1 N–H and O–H groups in total. The molecule has 1 aliphatic carbocycles. The second-order valence-corrected chi connectivity index (χ2v) is 7.84. The molecule has 3 aliphatic rings. The lowest BCUT2D eigenvalue weighted by Crippen LogP contribution is -2.46. The maximum absolute atomic E-state index is 13.3. The molecule has 136 valence electrons. The Kier molecular flexibility index (Phi) is 4.40. The van der Waals surface area contributed by atoms with Crippen LogP contribution in [0.1, 0.15) is 55.6 Å². The third-order valence-corrected chi connectivity index (χ3v) is 6.27. The maximum atomic E-state index is 13.3. The molecule has 0 radical (unpaired) electrons. The fourth-order valence-electron chi connectivity index (χ4n) is 5.02. The molecule has 6 heteroatoms. The third kappa shape index (κ3) is 3.01. The Labute approximate surface area is 148 Å². The number of H-pyrrole nitrogens is 1. The molecule has 0 aromatic carbocycles. The Bertz CT molecular complexity index is 729. The fourth-order valence-corrected chi connectivity index (χ4v) is 5.02. The highest BCUT2D eigenvalue weighted by atomic mass is 16.5. The number of rotatable bonds is 2. The van der Waals surface area contributed by atoms with Gasteiger partial charge in [-0.25, -0.2) is 4.98 Å². The highest BCUT2D eigenvalue weighted by molar-refractivity contribution is 5.80. The second kappa shape index (κ2) is 6.56. The molecular weight excluding hydrogens is 318 g/mol. The van der Waals surface area contributed by atoms with Crippen LogP contribution >= 0.6 is 0 Å². The first-order chi connectivity index (χ1) is 12.1. The molecule has 25 heavy (non-hydrogen) atoms. The van der Waals surface area contributed by atoms with E-state index in [1.807, 2.05) is 6.92 Å². The predicted molar refractivity (Wildman–Crippen MR) is 93.4 cm³/mol. The van der Waals surface area contributed by atoms with E-state index in [-0.39, 0.29) is 35.6 Å². The predicted octanol–water partition coefficient (Wildman–Crippen LogP) is 1.74. The minimum absolute atomic E-state index is 0.0282. The van der Waals surface area contributed by atoms with Crippen LogP contribution in [0, 0.1) is 12.8 Å². The number of aromatic amines is 1. The molecule has 2 fully saturated rings. The first-order valence-electron chi connectivity index (χ1n) is 9.50. The van der Waals surface area contributed by atoms with Crippen LogP contribution in [0.25, 0.3) is 0 Å². The summed E-state index contributed by atoms with van der Waals surface area (Å²) in [7, 11) is 1.74. The number of aromatic nitrogens is 2. The molecule has 1 aromatic heterocycles.